The van der Waals surface area contributed by atoms with Crippen molar-refractivity contribution >= 4 is 5.91 Å². The van der Waals surface area contributed by atoms with Crippen molar-refractivity contribution in [2.45, 2.75) is 64.8 Å². The van der Waals surface area contributed by atoms with Gasteiger partial charge in [0.15, 0.2) is 0 Å². The molecule has 3 N–H and O–H groups in total. The van der Waals surface area contributed by atoms with E-state index in [1.165, 1.54) is 37.7 Å². The van der Waals surface area contributed by atoms with Crippen molar-refractivity contribution in [3.8, 4) is 0 Å². The number of carbonyl (C=O) groups is 1. The fourth-order valence-corrected chi connectivity index (χ4v) is 2.35. The number of amides is 1. The molecule has 0 saturated carbocycles. The fraction of sp³-hybridized carbons (Fsp3) is 0.611. The number of hydrogen-bond donors (Lipinski definition) is 2. The summed E-state index contributed by atoms with van der Waals surface area (Å²) in [4.78, 5) is 11.7. The van der Waals surface area contributed by atoms with Crippen molar-refractivity contribution in [3.05, 3.63) is 35.4 Å². The smallest absolute Gasteiger partial charge is 0.220 e. The van der Waals surface area contributed by atoms with Crippen LogP contribution in [0.1, 0.15) is 63.0 Å². The molecule has 0 aliphatic heterocycles. The standard InChI is InChI=1S/C18H30N2O/c1-2-3-4-5-6-7-8-18(21)20-15-17-11-9-16(10-12-17)13-14-19/h9-12H,2-8,13-15,19H2,1H3,(H,20,21). The number of carbonyl (C=O) groups excluding carboxylic acids is 1. The molecule has 1 amide bonds. The zero-order valence-corrected chi connectivity index (χ0v) is 13.4. The molecule has 0 saturated heterocycles. The molecule has 21 heavy (non-hydrogen) atoms. The molecule has 0 fully saturated rings. The molecule has 0 atom stereocenters. The van der Waals surface area contributed by atoms with Crippen LogP contribution >= 0.6 is 0 Å². The number of nitrogens with two attached hydrogens (primary N) is 1. The monoisotopic (exact) mass is 290 g/mol. The first-order valence-corrected chi connectivity index (χ1v) is 8.31. The molecule has 0 bridgehead atoms. The highest BCUT2D eigenvalue weighted by molar-refractivity contribution is 5.75. The van der Waals surface area contributed by atoms with E-state index < -0.39 is 0 Å². The van der Waals surface area contributed by atoms with Crippen LogP contribution in [-0.4, -0.2) is 12.5 Å². The summed E-state index contributed by atoms with van der Waals surface area (Å²) >= 11 is 0. The van der Waals surface area contributed by atoms with Gasteiger partial charge < -0.3 is 11.1 Å². The Morgan fingerprint density at radius 3 is 2.29 bits per heavy atom. The van der Waals surface area contributed by atoms with Crippen LogP contribution in [0.2, 0.25) is 0 Å². The Kier molecular flexibility index (Phi) is 9.55. The normalized spacial score (nSPS) is 10.6. The summed E-state index contributed by atoms with van der Waals surface area (Å²) in [5.74, 6) is 0.163. The number of unbranched alkanes of at least 4 members (excludes halogenated alkanes) is 5. The average Bonchev–Trinajstić information content (AvgIpc) is 2.50. The third kappa shape index (κ3) is 8.51. The number of nitrogens with one attached hydrogen (secondary N) is 1. The van der Waals surface area contributed by atoms with Crippen LogP contribution in [0.4, 0.5) is 0 Å². The maximum absolute atomic E-state index is 11.7. The van der Waals surface area contributed by atoms with Crippen molar-refractivity contribution in [1.29, 1.82) is 0 Å². The first kappa shape index (κ1) is 17.7. The molecular formula is C18H30N2O. The van der Waals surface area contributed by atoms with Crippen LogP contribution < -0.4 is 11.1 Å². The largest absolute Gasteiger partial charge is 0.352 e. The lowest BCUT2D eigenvalue weighted by Crippen LogP contribution is -2.22. The second-order valence-corrected chi connectivity index (χ2v) is 5.65. The van der Waals surface area contributed by atoms with E-state index in [9.17, 15) is 4.79 Å². The van der Waals surface area contributed by atoms with Gasteiger partial charge in [0, 0.05) is 13.0 Å². The third-order valence-corrected chi connectivity index (χ3v) is 3.70. The lowest BCUT2D eigenvalue weighted by atomic mass is 10.1. The lowest BCUT2D eigenvalue weighted by Gasteiger charge is -2.06. The zero-order chi connectivity index (χ0) is 15.3. The SMILES string of the molecule is CCCCCCCCC(=O)NCc1ccc(CCN)cc1. The summed E-state index contributed by atoms with van der Waals surface area (Å²) in [6.45, 7) is 3.52. The summed E-state index contributed by atoms with van der Waals surface area (Å²) in [6.07, 6.45) is 8.86. The maximum Gasteiger partial charge on any atom is 0.220 e. The Bertz CT molecular complexity index is 387. The van der Waals surface area contributed by atoms with Gasteiger partial charge in [0.1, 0.15) is 0 Å². The Balaban J connectivity index is 2.12. The van der Waals surface area contributed by atoms with Gasteiger partial charge in [-0.3, -0.25) is 4.79 Å². The quantitative estimate of drug-likeness (QED) is 0.612. The van der Waals surface area contributed by atoms with E-state index in [2.05, 4.69) is 36.5 Å². The third-order valence-electron chi connectivity index (χ3n) is 3.70. The molecule has 3 heteroatoms. The highest BCUT2D eigenvalue weighted by Gasteiger charge is 2.01. The number of rotatable bonds is 11. The average molecular weight is 290 g/mol. The topological polar surface area (TPSA) is 55.1 Å². The predicted octanol–water partition coefficient (Wildman–Crippen LogP) is 3.55. The van der Waals surface area contributed by atoms with Crippen LogP contribution in [0.3, 0.4) is 0 Å². The second kappa shape index (κ2) is 11.3. The minimum absolute atomic E-state index is 0.163. The maximum atomic E-state index is 11.7. The van der Waals surface area contributed by atoms with Gasteiger partial charge in [-0.2, -0.15) is 0 Å². The fourth-order valence-electron chi connectivity index (χ4n) is 2.35. The van der Waals surface area contributed by atoms with E-state index in [0.29, 0.717) is 19.5 Å². The molecule has 1 aromatic carbocycles. The molecule has 1 rings (SSSR count). The van der Waals surface area contributed by atoms with Crippen molar-refractivity contribution in [2.24, 2.45) is 5.73 Å². The first-order valence-electron chi connectivity index (χ1n) is 8.31. The van der Waals surface area contributed by atoms with Gasteiger partial charge >= 0.3 is 0 Å². The number of benzene rings is 1. The van der Waals surface area contributed by atoms with Gasteiger partial charge in [-0.05, 0) is 30.5 Å². The van der Waals surface area contributed by atoms with Crippen molar-refractivity contribution in [3.63, 3.8) is 0 Å². The summed E-state index contributed by atoms with van der Waals surface area (Å²) in [7, 11) is 0. The molecule has 0 aliphatic rings. The summed E-state index contributed by atoms with van der Waals surface area (Å²) in [6, 6.07) is 8.30. The molecule has 0 spiro atoms. The van der Waals surface area contributed by atoms with E-state index in [4.69, 9.17) is 5.73 Å². The van der Waals surface area contributed by atoms with Crippen molar-refractivity contribution in [1.82, 2.24) is 5.32 Å². The molecule has 0 unspecified atom stereocenters. The Hall–Kier alpha value is -1.35. The van der Waals surface area contributed by atoms with Gasteiger partial charge in [-0.15, -0.1) is 0 Å². The van der Waals surface area contributed by atoms with Crippen LogP contribution in [-0.2, 0) is 17.8 Å². The molecule has 0 aliphatic carbocycles. The van der Waals surface area contributed by atoms with Gasteiger partial charge in [-0.25, -0.2) is 0 Å². The van der Waals surface area contributed by atoms with E-state index in [1.54, 1.807) is 0 Å². The number of hydrogen-bond acceptors (Lipinski definition) is 2. The zero-order valence-electron chi connectivity index (χ0n) is 13.4. The van der Waals surface area contributed by atoms with Crippen LogP contribution in [0.15, 0.2) is 24.3 Å². The minimum Gasteiger partial charge on any atom is -0.352 e. The van der Waals surface area contributed by atoms with Gasteiger partial charge in [0.25, 0.3) is 0 Å². The van der Waals surface area contributed by atoms with Crippen LogP contribution in [0.5, 0.6) is 0 Å². The molecule has 0 heterocycles. The van der Waals surface area contributed by atoms with E-state index in [0.717, 1.165) is 18.4 Å². The van der Waals surface area contributed by atoms with Crippen LogP contribution in [0, 0.1) is 0 Å². The first-order chi connectivity index (χ1) is 10.3. The predicted molar refractivity (Wildman–Crippen MR) is 89.0 cm³/mol. The van der Waals surface area contributed by atoms with Crippen molar-refractivity contribution in [2.75, 3.05) is 6.54 Å². The molecular weight excluding hydrogens is 260 g/mol. The van der Waals surface area contributed by atoms with Gasteiger partial charge in [0.2, 0.25) is 5.91 Å². The van der Waals surface area contributed by atoms with E-state index >= 15 is 0 Å². The van der Waals surface area contributed by atoms with Crippen molar-refractivity contribution < 1.29 is 4.79 Å². The summed E-state index contributed by atoms with van der Waals surface area (Å²) in [5.41, 5.74) is 7.92. The molecule has 0 aromatic heterocycles. The molecule has 118 valence electrons. The lowest BCUT2D eigenvalue weighted by molar-refractivity contribution is -0.121. The van der Waals surface area contributed by atoms with E-state index in [1.807, 2.05) is 0 Å². The molecule has 1 aromatic rings. The second-order valence-electron chi connectivity index (χ2n) is 5.65. The Morgan fingerprint density at radius 2 is 1.62 bits per heavy atom. The Labute approximate surface area is 129 Å². The highest BCUT2D eigenvalue weighted by Crippen LogP contribution is 2.07. The van der Waals surface area contributed by atoms with Crippen LogP contribution in [0.25, 0.3) is 0 Å². The molecule has 0 radical (unpaired) electrons. The summed E-state index contributed by atoms with van der Waals surface area (Å²) < 4.78 is 0. The van der Waals surface area contributed by atoms with Gasteiger partial charge in [0.05, 0.1) is 0 Å². The summed E-state index contributed by atoms with van der Waals surface area (Å²) in [5, 5.41) is 2.99. The molecule has 3 nitrogen and oxygen atoms in total. The van der Waals surface area contributed by atoms with E-state index in [-0.39, 0.29) is 5.91 Å². The minimum atomic E-state index is 0.163. The highest BCUT2D eigenvalue weighted by atomic mass is 16.1. The van der Waals surface area contributed by atoms with Gasteiger partial charge in [-0.1, -0.05) is 63.3 Å². The Morgan fingerprint density at radius 1 is 1.00 bits per heavy atom.